The fraction of sp³-hybridized carbons (Fsp3) is 0.250. The zero-order valence-electron chi connectivity index (χ0n) is 20.5. The highest BCUT2D eigenvalue weighted by Crippen LogP contribution is 2.49. The Morgan fingerprint density at radius 2 is 1.94 bits per heavy atom. The summed E-state index contributed by atoms with van der Waals surface area (Å²) in [5, 5.41) is 23.3. The number of fused-ring (bicyclic) bond motifs is 10. The second-order valence-corrected chi connectivity index (χ2v) is 10.1. The highest BCUT2D eigenvalue weighted by atomic mass is 16.3. The van der Waals surface area contributed by atoms with Crippen LogP contribution in [0.15, 0.2) is 49.1 Å². The first-order valence-corrected chi connectivity index (χ1v) is 12.4. The van der Waals surface area contributed by atoms with Crippen molar-refractivity contribution < 1.29 is 5.11 Å². The Balaban J connectivity index is 1.60. The number of rotatable bonds is 4. The van der Waals surface area contributed by atoms with Crippen LogP contribution >= 0.6 is 0 Å². The third-order valence-electron chi connectivity index (χ3n) is 7.19. The van der Waals surface area contributed by atoms with Crippen LogP contribution in [-0.4, -0.2) is 34.4 Å². The first kappa shape index (κ1) is 21.0. The molecule has 3 N–H and O–H groups in total. The van der Waals surface area contributed by atoms with Crippen molar-refractivity contribution in [1.29, 1.82) is 0 Å². The van der Waals surface area contributed by atoms with E-state index in [-0.39, 0.29) is 5.88 Å². The lowest BCUT2D eigenvalue weighted by Gasteiger charge is -2.21. The number of hydrogen-bond acceptors (Lipinski definition) is 5. The van der Waals surface area contributed by atoms with Crippen LogP contribution in [-0.2, 0) is 26.4 Å². The molecule has 1 aliphatic carbocycles. The monoisotopic (exact) mass is 477 g/mol. The minimum atomic E-state index is 0.205. The molecule has 1 aliphatic rings. The lowest BCUT2D eigenvalue weighted by Crippen LogP contribution is -2.09. The van der Waals surface area contributed by atoms with Crippen LogP contribution in [0.3, 0.4) is 0 Å². The molecule has 8 heteroatoms. The van der Waals surface area contributed by atoms with E-state index in [0.29, 0.717) is 11.9 Å². The Morgan fingerprint density at radius 1 is 1.11 bits per heavy atom. The summed E-state index contributed by atoms with van der Waals surface area (Å²) in [5.41, 5.74) is 7.96. The predicted molar refractivity (Wildman–Crippen MR) is 143 cm³/mol. The second-order valence-electron chi connectivity index (χ2n) is 10.1. The van der Waals surface area contributed by atoms with Crippen molar-refractivity contribution in [3.8, 4) is 17.0 Å². The van der Waals surface area contributed by atoms with Crippen molar-refractivity contribution in [2.24, 2.45) is 13.0 Å². The van der Waals surface area contributed by atoms with Crippen molar-refractivity contribution in [3.63, 3.8) is 0 Å². The lowest BCUT2D eigenvalue weighted by atomic mass is 9.85. The summed E-state index contributed by atoms with van der Waals surface area (Å²) in [7, 11) is 1.96. The molecule has 7 rings (SSSR count). The summed E-state index contributed by atoms with van der Waals surface area (Å²) in [6.45, 7) is 5.42. The molecule has 36 heavy (non-hydrogen) atoms. The molecule has 8 nitrogen and oxygen atoms in total. The molecule has 0 spiro atoms. The van der Waals surface area contributed by atoms with Crippen LogP contribution in [0.4, 0.5) is 11.6 Å². The van der Waals surface area contributed by atoms with Gasteiger partial charge in [-0.15, -0.1) is 0 Å². The van der Waals surface area contributed by atoms with E-state index in [1.165, 1.54) is 22.0 Å². The third-order valence-corrected chi connectivity index (χ3v) is 7.19. The fourth-order valence-electron chi connectivity index (χ4n) is 5.91. The average molecular weight is 478 g/mol. The van der Waals surface area contributed by atoms with Crippen molar-refractivity contribution >= 4 is 44.2 Å². The van der Waals surface area contributed by atoms with E-state index >= 15 is 0 Å². The number of aromatic amines is 1. The normalized spacial score (nSPS) is 13.1. The van der Waals surface area contributed by atoms with Gasteiger partial charge in [0.2, 0.25) is 5.95 Å². The summed E-state index contributed by atoms with van der Waals surface area (Å²) < 4.78 is 4.36. The Morgan fingerprint density at radius 3 is 2.75 bits per heavy atom. The van der Waals surface area contributed by atoms with Gasteiger partial charge in [0.25, 0.3) is 0 Å². The number of anilines is 2. The number of aromatic hydroxyl groups is 1. The molecular formula is C28H27N7O. The maximum Gasteiger partial charge on any atom is 0.227 e. The van der Waals surface area contributed by atoms with Gasteiger partial charge >= 0.3 is 0 Å². The molecule has 0 saturated carbocycles. The first-order valence-electron chi connectivity index (χ1n) is 12.4. The zero-order valence-corrected chi connectivity index (χ0v) is 20.5. The van der Waals surface area contributed by atoms with E-state index in [0.717, 1.165) is 58.1 Å². The van der Waals surface area contributed by atoms with Gasteiger partial charge in [-0.05, 0) is 48.6 Å². The van der Waals surface area contributed by atoms with Crippen molar-refractivity contribution in [3.05, 3.63) is 60.3 Å². The van der Waals surface area contributed by atoms with Gasteiger partial charge in [-0.3, -0.25) is 4.68 Å². The number of benzene rings is 2. The molecule has 0 saturated heterocycles. The van der Waals surface area contributed by atoms with Gasteiger partial charge in [0.05, 0.1) is 16.6 Å². The van der Waals surface area contributed by atoms with Crippen LogP contribution in [0.1, 0.15) is 25.1 Å². The summed E-state index contributed by atoms with van der Waals surface area (Å²) in [4.78, 5) is 11.8. The van der Waals surface area contributed by atoms with Gasteiger partial charge in [0, 0.05) is 76.9 Å². The largest absolute Gasteiger partial charge is 0.494 e. The lowest BCUT2D eigenvalue weighted by molar-refractivity contribution is 0.463. The number of hydrogen-bond donors (Lipinski definition) is 3. The summed E-state index contributed by atoms with van der Waals surface area (Å²) >= 11 is 0. The molecule has 2 aromatic carbocycles. The molecule has 180 valence electrons. The van der Waals surface area contributed by atoms with Crippen LogP contribution in [0.25, 0.3) is 43.7 Å². The fourth-order valence-corrected chi connectivity index (χ4v) is 5.91. The maximum atomic E-state index is 11.0. The Hall–Kier alpha value is -4.33. The molecule has 0 bridgehead atoms. The van der Waals surface area contributed by atoms with Gasteiger partial charge in [0.15, 0.2) is 5.88 Å². The van der Waals surface area contributed by atoms with Crippen molar-refractivity contribution in [2.75, 3.05) is 5.32 Å². The summed E-state index contributed by atoms with van der Waals surface area (Å²) in [6.07, 6.45) is 9.25. The highest BCUT2D eigenvalue weighted by Gasteiger charge is 2.29. The van der Waals surface area contributed by atoms with E-state index in [1.807, 2.05) is 17.9 Å². The molecule has 4 heterocycles. The third kappa shape index (κ3) is 2.97. The SMILES string of the molecule is CC(C)Cn1c2ccc(Nc3ncccn3)cc2c2c3c[nH]c(O)c3c3c(c21)CCc1nn(C)cc1-3. The van der Waals surface area contributed by atoms with Gasteiger partial charge in [-0.1, -0.05) is 13.8 Å². The zero-order chi connectivity index (χ0) is 24.6. The van der Waals surface area contributed by atoms with Gasteiger partial charge < -0.3 is 20.0 Å². The predicted octanol–water partition coefficient (Wildman–Crippen LogP) is 5.67. The smallest absolute Gasteiger partial charge is 0.227 e. The first-order chi connectivity index (χ1) is 17.5. The molecule has 0 amide bonds. The summed E-state index contributed by atoms with van der Waals surface area (Å²) in [5.74, 6) is 1.24. The number of H-pyrrole nitrogens is 1. The molecule has 4 aromatic heterocycles. The van der Waals surface area contributed by atoms with Gasteiger partial charge in [-0.25, -0.2) is 9.97 Å². The van der Waals surface area contributed by atoms with E-state index in [9.17, 15) is 5.11 Å². The molecule has 0 radical (unpaired) electrons. The Bertz CT molecular complexity index is 1790. The number of nitrogens with zero attached hydrogens (tertiary/aromatic N) is 5. The minimum absolute atomic E-state index is 0.205. The minimum Gasteiger partial charge on any atom is -0.494 e. The molecule has 0 unspecified atom stereocenters. The number of aryl methyl sites for hydroxylation is 3. The van der Waals surface area contributed by atoms with Gasteiger partial charge in [-0.2, -0.15) is 5.10 Å². The Kier molecular flexibility index (Phi) is 4.42. The standard InChI is InChI=1S/C28H27N7O/c1-15(2)13-35-22-8-5-16(32-28-29-9-4-10-30-28)11-18(22)24-19-12-31-27(36)25(19)23-17(26(24)35)6-7-21-20(23)14-34(3)33-21/h4-5,8-12,14-15,31,36H,6-7,13H2,1-3H3,(H,29,30,32). The topological polar surface area (TPSA) is 96.6 Å². The van der Waals surface area contributed by atoms with Crippen LogP contribution in [0.5, 0.6) is 5.88 Å². The van der Waals surface area contributed by atoms with E-state index in [1.54, 1.807) is 18.5 Å². The summed E-state index contributed by atoms with van der Waals surface area (Å²) in [6, 6.07) is 8.26. The molecule has 6 aromatic rings. The average Bonchev–Trinajstić information content (AvgIpc) is 3.52. The van der Waals surface area contributed by atoms with Crippen molar-refractivity contribution in [2.45, 2.75) is 33.2 Å². The van der Waals surface area contributed by atoms with Crippen LogP contribution in [0.2, 0.25) is 0 Å². The quantitative estimate of drug-likeness (QED) is 0.304. The number of aromatic nitrogens is 6. The highest BCUT2D eigenvalue weighted by molar-refractivity contribution is 6.26. The van der Waals surface area contributed by atoms with E-state index < -0.39 is 0 Å². The maximum absolute atomic E-state index is 11.0. The van der Waals surface area contributed by atoms with Crippen LogP contribution < -0.4 is 5.32 Å². The van der Waals surface area contributed by atoms with E-state index in [2.05, 4.69) is 63.1 Å². The van der Waals surface area contributed by atoms with Gasteiger partial charge in [0.1, 0.15) is 0 Å². The number of nitrogens with one attached hydrogen (secondary N) is 2. The molecule has 0 fully saturated rings. The molecular weight excluding hydrogens is 450 g/mol. The van der Waals surface area contributed by atoms with Crippen LogP contribution in [0, 0.1) is 5.92 Å². The van der Waals surface area contributed by atoms with Crippen molar-refractivity contribution in [1.82, 2.24) is 29.3 Å². The Labute approximate surface area is 207 Å². The molecule has 0 atom stereocenters. The second kappa shape index (κ2) is 7.58. The molecule has 0 aliphatic heterocycles. The van der Waals surface area contributed by atoms with E-state index in [4.69, 9.17) is 5.10 Å².